The van der Waals surface area contributed by atoms with E-state index >= 15 is 0 Å². The summed E-state index contributed by atoms with van der Waals surface area (Å²) in [5.74, 6) is 0.490. The quantitative estimate of drug-likeness (QED) is 0.875. The molecule has 17 heavy (non-hydrogen) atoms. The van der Waals surface area contributed by atoms with Crippen LogP contribution in [-0.4, -0.2) is 15.8 Å². The van der Waals surface area contributed by atoms with Gasteiger partial charge in [0.15, 0.2) is 0 Å². The highest BCUT2D eigenvalue weighted by Gasteiger charge is 2.34. The zero-order valence-electron chi connectivity index (χ0n) is 11.3. The Kier molecular flexibility index (Phi) is 3.57. The Bertz CT molecular complexity index is 367. The lowest BCUT2D eigenvalue weighted by Crippen LogP contribution is -2.37. The Morgan fingerprint density at radius 3 is 3.00 bits per heavy atom. The molecule has 1 saturated carbocycles. The number of nitrogens with two attached hydrogens (primary N) is 1. The molecule has 2 atom stereocenters. The van der Waals surface area contributed by atoms with Crippen LogP contribution in [0, 0.1) is 5.41 Å². The first kappa shape index (κ1) is 12.6. The summed E-state index contributed by atoms with van der Waals surface area (Å²) in [7, 11) is 0. The molecule has 2 rings (SSSR count). The topological polar surface area (TPSA) is 43.8 Å². The van der Waals surface area contributed by atoms with Crippen LogP contribution in [0.25, 0.3) is 0 Å². The number of rotatable bonds is 3. The molecule has 0 amide bonds. The highest BCUT2D eigenvalue weighted by molar-refractivity contribution is 5.16. The van der Waals surface area contributed by atoms with Gasteiger partial charge in [0.05, 0.1) is 6.20 Å². The molecule has 1 heterocycles. The van der Waals surface area contributed by atoms with E-state index in [1.54, 1.807) is 0 Å². The van der Waals surface area contributed by atoms with Gasteiger partial charge in [-0.15, -0.1) is 0 Å². The van der Waals surface area contributed by atoms with Gasteiger partial charge in [0.1, 0.15) is 0 Å². The second-order valence-electron chi connectivity index (χ2n) is 6.21. The van der Waals surface area contributed by atoms with Crippen molar-refractivity contribution in [1.82, 2.24) is 9.78 Å². The maximum atomic E-state index is 6.28. The minimum atomic E-state index is 0.308. The summed E-state index contributed by atoms with van der Waals surface area (Å²) in [6, 6.07) is 0.308. The third-order valence-electron chi connectivity index (χ3n) is 3.98. The van der Waals surface area contributed by atoms with Crippen molar-refractivity contribution in [2.24, 2.45) is 11.1 Å². The minimum Gasteiger partial charge on any atom is -0.327 e. The van der Waals surface area contributed by atoms with Crippen molar-refractivity contribution in [3.63, 3.8) is 0 Å². The first-order valence-corrected chi connectivity index (χ1v) is 6.80. The smallest absolute Gasteiger partial charge is 0.0525 e. The molecule has 0 spiro atoms. The number of aryl methyl sites for hydroxylation is 1. The molecule has 3 nitrogen and oxygen atoms in total. The van der Waals surface area contributed by atoms with Crippen LogP contribution in [0.1, 0.15) is 57.9 Å². The van der Waals surface area contributed by atoms with Gasteiger partial charge in [0, 0.05) is 24.7 Å². The molecule has 1 aromatic heterocycles. The molecule has 0 radical (unpaired) electrons. The van der Waals surface area contributed by atoms with Gasteiger partial charge in [-0.3, -0.25) is 4.68 Å². The lowest BCUT2D eigenvalue weighted by Gasteiger charge is -2.38. The molecule has 1 aliphatic carbocycles. The summed E-state index contributed by atoms with van der Waals surface area (Å²) < 4.78 is 2.05. The predicted molar refractivity (Wildman–Crippen MR) is 70.9 cm³/mol. The van der Waals surface area contributed by atoms with Crippen LogP contribution in [0.5, 0.6) is 0 Å². The molecule has 0 saturated heterocycles. The maximum absolute atomic E-state index is 6.28. The van der Waals surface area contributed by atoms with Crippen LogP contribution in [0.4, 0.5) is 0 Å². The highest BCUT2D eigenvalue weighted by atomic mass is 15.3. The van der Waals surface area contributed by atoms with E-state index in [2.05, 4.69) is 32.1 Å². The van der Waals surface area contributed by atoms with Crippen molar-refractivity contribution in [2.45, 2.75) is 65.0 Å². The largest absolute Gasteiger partial charge is 0.327 e. The van der Waals surface area contributed by atoms with Gasteiger partial charge in [-0.2, -0.15) is 5.10 Å². The van der Waals surface area contributed by atoms with Crippen LogP contribution in [0.15, 0.2) is 12.4 Å². The zero-order valence-corrected chi connectivity index (χ0v) is 11.3. The minimum absolute atomic E-state index is 0.308. The van der Waals surface area contributed by atoms with Crippen molar-refractivity contribution >= 4 is 0 Å². The summed E-state index contributed by atoms with van der Waals surface area (Å²) in [6.07, 6.45) is 8.90. The molecule has 0 aromatic carbocycles. The highest BCUT2D eigenvalue weighted by Crippen LogP contribution is 2.42. The monoisotopic (exact) mass is 235 g/mol. The lowest BCUT2D eigenvalue weighted by atomic mass is 9.68. The molecule has 3 heteroatoms. The van der Waals surface area contributed by atoms with E-state index in [0.717, 1.165) is 19.4 Å². The van der Waals surface area contributed by atoms with E-state index in [4.69, 9.17) is 5.73 Å². The second-order valence-corrected chi connectivity index (χ2v) is 6.21. The Morgan fingerprint density at radius 2 is 2.29 bits per heavy atom. The van der Waals surface area contributed by atoms with E-state index in [-0.39, 0.29) is 0 Å². The third-order valence-corrected chi connectivity index (χ3v) is 3.98. The first-order valence-electron chi connectivity index (χ1n) is 6.80. The van der Waals surface area contributed by atoms with Crippen molar-refractivity contribution < 1.29 is 0 Å². The third kappa shape index (κ3) is 2.89. The molecule has 1 fully saturated rings. The molecule has 2 unspecified atom stereocenters. The van der Waals surface area contributed by atoms with E-state index in [9.17, 15) is 0 Å². The number of hydrogen-bond donors (Lipinski definition) is 1. The Morgan fingerprint density at radius 1 is 1.53 bits per heavy atom. The van der Waals surface area contributed by atoms with Crippen LogP contribution in [-0.2, 0) is 6.54 Å². The summed E-state index contributed by atoms with van der Waals surface area (Å²) in [6.45, 7) is 7.88. The summed E-state index contributed by atoms with van der Waals surface area (Å²) in [5, 5.41) is 4.42. The second kappa shape index (κ2) is 4.81. The van der Waals surface area contributed by atoms with E-state index < -0.39 is 0 Å². The van der Waals surface area contributed by atoms with Crippen molar-refractivity contribution in [3.05, 3.63) is 18.0 Å². The number of nitrogens with zero attached hydrogens (tertiary/aromatic N) is 2. The maximum Gasteiger partial charge on any atom is 0.0525 e. The van der Waals surface area contributed by atoms with Crippen LogP contribution in [0.2, 0.25) is 0 Å². The lowest BCUT2D eigenvalue weighted by molar-refractivity contribution is 0.198. The molecule has 96 valence electrons. The van der Waals surface area contributed by atoms with Crippen molar-refractivity contribution in [2.75, 3.05) is 0 Å². The molecular formula is C14H25N3. The first-order chi connectivity index (χ1) is 8.02. The van der Waals surface area contributed by atoms with Crippen LogP contribution < -0.4 is 5.73 Å². The normalized spacial score (nSPS) is 28.2. The Hall–Kier alpha value is -0.830. The van der Waals surface area contributed by atoms with Gasteiger partial charge in [0.25, 0.3) is 0 Å². The average molecular weight is 235 g/mol. The number of hydrogen-bond acceptors (Lipinski definition) is 2. The van der Waals surface area contributed by atoms with Crippen molar-refractivity contribution in [3.8, 4) is 0 Å². The molecular weight excluding hydrogens is 210 g/mol. The summed E-state index contributed by atoms with van der Waals surface area (Å²) >= 11 is 0. The molecule has 0 bridgehead atoms. The molecule has 1 aliphatic rings. The average Bonchev–Trinajstić information content (AvgIpc) is 2.71. The number of aromatic nitrogens is 2. The fourth-order valence-electron chi connectivity index (χ4n) is 2.89. The predicted octanol–water partition coefficient (Wildman–Crippen LogP) is 2.91. The van der Waals surface area contributed by atoms with Crippen molar-refractivity contribution in [1.29, 1.82) is 0 Å². The Labute approximate surface area is 104 Å². The molecule has 2 N–H and O–H groups in total. The van der Waals surface area contributed by atoms with Gasteiger partial charge in [-0.05, 0) is 36.7 Å². The summed E-state index contributed by atoms with van der Waals surface area (Å²) in [4.78, 5) is 0. The zero-order chi connectivity index (χ0) is 12.5. The standard InChI is InChI=1S/C14H25N3/c1-4-7-17-10-11(9-16-17)12-8-14(2,3)6-5-13(12)15/h9-10,12-13H,4-8,15H2,1-3H3. The van der Waals surface area contributed by atoms with Gasteiger partial charge in [-0.25, -0.2) is 0 Å². The van der Waals surface area contributed by atoms with Gasteiger partial charge in [-0.1, -0.05) is 20.8 Å². The molecule has 0 aliphatic heterocycles. The van der Waals surface area contributed by atoms with E-state index in [1.165, 1.54) is 18.4 Å². The Balaban J connectivity index is 2.13. The van der Waals surface area contributed by atoms with Gasteiger partial charge < -0.3 is 5.73 Å². The van der Waals surface area contributed by atoms with Gasteiger partial charge in [0.2, 0.25) is 0 Å². The van der Waals surface area contributed by atoms with Crippen LogP contribution >= 0.6 is 0 Å². The molecule has 1 aromatic rings. The van der Waals surface area contributed by atoms with E-state index in [0.29, 0.717) is 17.4 Å². The van der Waals surface area contributed by atoms with Gasteiger partial charge >= 0.3 is 0 Å². The fraction of sp³-hybridized carbons (Fsp3) is 0.786. The fourth-order valence-corrected chi connectivity index (χ4v) is 2.89. The summed E-state index contributed by atoms with van der Waals surface area (Å²) in [5.41, 5.74) is 8.03. The van der Waals surface area contributed by atoms with E-state index in [1.807, 2.05) is 10.9 Å². The van der Waals surface area contributed by atoms with Crippen LogP contribution in [0.3, 0.4) is 0 Å². The SMILES string of the molecule is CCCn1cc(C2CC(C)(C)CCC2N)cn1.